The van der Waals surface area contributed by atoms with Gasteiger partial charge in [0.05, 0.1) is 6.61 Å². The highest BCUT2D eigenvalue weighted by Gasteiger charge is 2.35. The Balaban J connectivity index is 1.36. The number of ether oxygens (including phenoxy) is 1. The van der Waals surface area contributed by atoms with E-state index in [0.717, 1.165) is 37.1 Å². The first-order valence-electron chi connectivity index (χ1n) is 10.1. The third kappa shape index (κ3) is 3.82. The summed E-state index contributed by atoms with van der Waals surface area (Å²) in [5.74, 6) is 1.70. The van der Waals surface area contributed by atoms with Gasteiger partial charge in [0, 0.05) is 31.2 Å². The van der Waals surface area contributed by atoms with E-state index in [4.69, 9.17) is 4.74 Å². The zero-order chi connectivity index (χ0) is 19.5. The molecular weight excluding hydrogens is 356 g/mol. The van der Waals surface area contributed by atoms with Crippen LogP contribution >= 0.6 is 0 Å². The van der Waals surface area contributed by atoms with Crippen molar-refractivity contribution in [3.63, 3.8) is 0 Å². The van der Waals surface area contributed by atoms with Crippen LogP contribution in [0.5, 0.6) is 0 Å². The summed E-state index contributed by atoms with van der Waals surface area (Å²) in [6.07, 6.45) is 6.34. The number of hydrogen-bond acceptors (Lipinski definition) is 5. The van der Waals surface area contributed by atoms with Gasteiger partial charge in [-0.25, -0.2) is 0 Å². The number of carbonyl (C=O) groups excluding carboxylic acids is 1. The monoisotopic (exact) mass is 384 g/mol. The highest BCUT2D eigenvalue weighted by atomic mass is 16.5. The van der Waals surface area contributed by atoms with Gasteiger partial charge in [0.15, 0.2) is 5.82 Å². The van der Waals surface area contributed by atoms with Crippen molar-refractivity contribution in [2.24, 2.45) is 0 Å². The normalized spacial score (nSPS) is 21.1. The average molecular weight is 384 g/mol. The van der Waals surface area contributed by atoms with Crippen LogP contribution in [0.15, 0.2) is 18.2 Å². The van der Waals surface area contributed by atoms with E-state index < -0.39 is 0 Å². The van der Waals surface area contributed by atoms with Crippen LogP contribution in [-0.4, -0.2) is 45.5 Å². The van der Waals surface area contributed by atoms with Gasteiger partial charge >= 0.3 is 0 Å². The molecule has 2 aliphatic carbocycles. The SMILES string of the molecule is COCCn1c(CO)nnc1C1CC(NC(=O)c2ccc3c(c2)CCCC3)C1. The van der Waals surface area contributed by atoms with Gasteiger partial charge in [-0.3, -0.25) is 4.79 Å². The second-order valence-electron chi connectivity index (χ2n) is 7.81. The third-order valence-corrected chi connectivity index (χ3v) is 5.97. The number of benzene rings is 1. The Morgan fingerprint density at radius 3 is 2.79 bits per heavy atom. The summed E-state index contributed by atoms with van der Waals surface area (Å²) >= 11 is 0. The van der Waals surface area contributed by atoms with E-state index in [2.05, 4.69) is 27.6 Å². The first kappa shape index (κ1) is 19.1. The molecular formula is C21H28N4O3. The second-order valence-corrected chi connectivity index (χ2v) is 7.81. The summed E-state index contributed by atoms with van der Waals surface area (Å²) in [6.45, 7) is 1.03. The number of amides is 1. The van der Waals surface area contributed by atoms with Crippen molar-refractivity contribution in [2.45, 2.75) is 63.6 Å². The van der Waals surface area contributed by atoms with Crippen molar-refractivity contribution in [3.05, 3.63) is 46.5 Å². The molecule has 7 nitrogen and oxygen atoms in total. The molecule has 0 atom stereocenters. The number of methoxy groups -OCH3 is 1. The molecule has 0 unspecified atom stereocenters. The molecule has 4 rings (SSSR count). The molecule has 1 fully saturated rings. The van der Waals surface area contributed by atoms with Gasteiger partial charge in [-0.15, -0.1) is 10.2 Å². The van der Waals surface area contributed by atoms with Gasteiger partial charge in [0.2, 0.25) is 0 Å². The molecule has 0 bridgehead atoms. The predicted molar refractivity (Wildman–Crippen MR) is 104 cm³/mol. The van der Waals surface area contributed by atoms with Gasteiger partial charge in [-0.1, -0.05) is 6.07 Å². The lowest BCUT2D eigenvalue weighted by molar-refractivity contribution is 0.0906. The Bertz CT molecular complexity index is 842. The number of fused-ring (bicyclic) bond motifs is 1. The Morgan fingerprint density at radius 1 is 1.25 bits per heavy atom. The quantitative estimate of drug-likeness (QED) is 0.762. The van der Waals surface area contributed by atoms with E-state index in [9.17, 15) is 9.90 Å². The summed E-state index contributed by atoms with van der Waals surface area (Å²) in [6, 6.07) is 6.28. The third-order valence-electron chi connectivity index (χ3n) is 5.97. The maximum absolute atomic E-state index is 12.6. The number of nitrogens with one attached hydrogen (secondary N) is 1. The summed E-state index contributed by atoms with van der Waals surface area (Å²) < 4.78 is 7.09. The lowest BCUT2D eigenvalue weighted by atomic mass is 9.79. The number of hydrogen-bond donors (Lipinski definition) is 2. The van der Waals surface area contributed by atoms with Crippen molar-refractivity contribution in [3.8, 4) is 0 Å². The minimum absolute atomic E-state index is 0.00807. The molecule has 0 radical (unpaired) electrons. The molecule has 0 saturated heterocycles. The van der Waals surface area contributed by atoms with Gasteiger partial charge in [0.1, 0.15) is 12.4 Å². The van der Waals surface area contributed by atoms with Gasteiger partial charge in [0.25, 0.3) is 5.91 Å². The van der Waals surface area contributed by atoms with E-state index in [-0.39, 0.29) is 24.5 Å². The standard InChI is InChI=1S/C21H28N4O3/c1-28-9-8-25-19(13-26)23-24-20(25)17-11-18(12-17)22-21(27)16-7-6-14-4-2-3-5-15(14)10-16/h6-7,10,17-18,26H,2-5,8-9,11-13H2,1H3,(H,22,27). The van der Waals surface area contributed by atoms with Gasteiger partial charge in [-0.2, -0.15) is 0 Å². The van der Waals surface area contributed by atoms with Crippen LogP contribution in [0, 0.1) is 0 Å². The fourth-order valence-electron chi connectivity index (χ4n) is 4.28. The summed E-state index contributed by atoms with van der Waals surface area (Å²) in [5.41, 5.74) is 3.48. The molecule has 7 heteroatoms. The lowest BCUT2D eigenvalue weighted by Gasteiger charge is -2.35. The highest BCUT2D eigenvalue weighted by Crippen LogP contribution is 2.36. The Labute approximate surface area is 165 Å². The lowest BCUT2D eigenvalue weighted by Crippen LogP contribution is -2.44. The summed E-state index contributed by atoms with van der Waals surface area (Å²) in [7, 11) is 1.65. The largest absolute Gasteiger partial charge is 0.388 e. The van der Waals surface area contributed by atoms with Gasteiger partial charge in [-0.05, 0) is 61.8 Å². The van der Waals surface area contributed by atoms with Crippen molar-refractivity contribution in [2.75, 3.05) is 13.7 Å². The molecule has 2 aliphatic rings. The molecule has 2 aromatic rings. The van der Waals surface area contributed by atoms with E-state index >= 15 is 0 Å². The van der Waals surface area contributed by atoms with Crippen LogP contribution in [0.2, 0.25) is 0 Å². The maximum atomic E-state index is 12.6. The first-order valence-corrected chi connectivity index (χ1v) is 10.1. The van der Waals surface area contributed by atoms with Crippen molar-refractivity contribution in [1.82, 2.24) is 20.1 Å². The molecule has 1 aromatic carbocycles. The molecule has 0 aliphatic heterocycles. The number of aliphatic hydroxyl groups is 1. The summed E-state index contributed by atoms with van der Waals surface area (Å²) in [4.78, 5) is 12.6. The fourth-order valence-corrected chi connectivity index (χ4v) is 4.28. The smallest absolute Gasteiger partial charge is 0.251 e. The van der Waals surface area contributed by atoms with Crippen molar-refractivity contribution in [1.29, 1.82) is 0 Å². The number of carbonyl (C=O) groups is 1. The summed E-state index contributed by atoms with van der Waals surface area (Å²) in [5, 5.41) is 21.0. The zero-order valence-corrected chi connectivity index (χ0v) is 16.4. The van der Waals surface area contributed by atoms with Crippen LogP contribution in [0.1, 0.15) is 64.7 Å². The Morgan fingerprint density at radius 2 is 2.04 bits per heavy atom. The average Bonchev–Trinajstić information content (AvgIpc) is 3.10. The number of rotatable bonds is 7. The molecule has 1 aromatic heterocycles. The van der Waals surface area contributed by atoms with E-state index in [0.29, 0.717) is 19.0 Å². The second kappa shape index (κ2) is 8.41. The topological polar surface area (TPSA) is 89.3 Å². The van der Waals surface area contributed by atoms with E-state index in [1.54, 1.807) is 7.11 Å². The molecule has 1 heterocycles. The van der Waals surface area contributed by atoms with Crippen LogP contribution < -0.4 is 5.32 Å². The number of nitrogens with zero attached hydrogens (tertiary/aromatic N) is 3. The van der Waals surface area contributed by atoms with Crippen molar-refractivity contribution >= 4 is 5.91 Å². The molecule has 150 valence electrons. The first-order chi connectivity index (χ1) is 13.7. The zero-order valence-electron chi connectivity index (χ0n) is 16.4. The molecule has 2 N–H and O–H groups in total. The molecule has 1 saturated carbocycles. The Hall–Kier alpha value is -2.25. The highest BCUT2D eigenvalue weighted by molar-refractivity contribution is 5.94. The molecule has 1 amide bonds. The minimum atomic E-state index is -0.137. The van der Waals surface area contributed by atoms with Crippen LogP contribution in [0.4, 0.5) is 0 Å². The van der Waals surface area contributed by atoms with E-state index in [1.807, 2.05) is 10.6 Å². The van der Waals surface area contributed by atoms with Crippen LogP contribution in [-0.2, 0) is 30.7 Å². The predicted octanol–water partition coefficient (Wildman–Crippen LogP) is 1.97. The molecule has 28 heavy (non-hydrogen) atoms. The van der Waals surface area contributed by atoms with Crippen LogP contribution in [0.3, 0.4) is 0 Å². The fraction of sp³-hybridized carbons (Fsp3) is 0.571. The van der Waals surface area contributed by atoms with Crippen LogP contribution in [0.25, 0.3) is 0 Å². The number of aromatic nitrogens is 3. The van der Waals surface area contributed by atoms with Crippen molar-refractivity contribution < 1.29 is 14.6 Å². The maximum Gasteiger partial charge on any atom is 0.251 e. The molecule has 0 spiro atoms. The number of aliphatic hydroxyl groups excluding tert-OH is 1. The van der Waals surface area contributed by atoms with Gasteiger partial charge < -0.3 is 19.7 Å². The number of aryl methyl sites for hydroxylation is 2. The minimum Gasteiger partial charge on any atom is -0.388 e. The Kier molecular flexibility index (Phi) is 5.73. The van der Waals surface area contributed by atoms with E-state index in [1.165, 1.54) is 24.0 Å².